The van der Waals surface area contributed by atoms with E-state index in [1.807, 2.05) is 24.3 Å². The quantitative estimate of drug-likeness (QED) is 0.939. The Labute approximate surface area is 136 Å². The smallest absolute Gasteiger partial charge is 0.244 e. The zero-order chi connectivity index (χ0) is 16.2. The largest absolute Gasteiger partial charge is 0.372 e. The summed E-state index contributed by atoms with van der Waals surface area (Å²) < 4.78 is 7.49. The Morgan fingerprint density at radius 3 is 2.57 bits per heavy atom. The molecule has 0 saturated carbocycles. The van der Waals surface area contributed by atoms with Crippen molar-refractivity contribution in [1.82, 2.24) is 9.55 Å². The molecule has 1 saturated heterocycles. The van der Waals surface area contributed by atoms with Gasteiger partial charge in [0.05, 0.1) is 18.5 Å². The molecule has 0 spiro atoms. The molecule has 122 valence electrons. The van der Waals surface area contributed by atoms with Gasteiger partial charge in [-0.1, -0.05) is 0 Å². The molecule has 6 nitrogen and oxygen atoms in total. The highest BCUT2D eigenvalue weighted by atomic mass is 16.5. The molecule has 2 aromatic rings. The molecule has 3 rings (SSSR count). The van der Waals surface area contributed by atoms with Gasteiger partial charge in [0.15, 0.2) is 0 Å². The van der Waals surface area contributed by atoms with Crippen LogP contribution < -0.4 is 10.2 Å². The maximum atomic E-state index is 12.0. The maximum absolute atomic E-state index is 12.0. The Morgan fingerprint density at radius 2 is 1.96 bits per heavy atom. The summed E-state index contributed by atoms with van der Waals surface area (Å²) in [5.74, 6) is -0.0654. The van der Waals surface area contributed by atoms with Crippen LogP contribution in [0, 0.1) is 0 Å². The standard InChI is InChI=1S/C17H22N4O2/c1-13-9-21(10-14(2)23-13)16-5-3-15(4-6-16)19-17(22)11-20-8-7-18-12-20/h3-8,12-14H,9-11H2,1-2H3,(H,19,22). The lowest BCUT2D eigenvalue weighted by atomic mass is 10.2. The van der Waals surface area contributed by atoms with Crippen molar-refractivity contribution < 1.29 is 9.53 Å². The van der Waals surface area contributed by atoms with Gasteiger partial charge in [-0.25, -0.2) is 4.98 Å². The van der Waals surface area contributed by atoms with Gasteiger partial charge in [0, 0.05) is 36.9 Å². The number of ether oxygens (including phenoxy) is 1. The van der Waals surface area contributed by atoms with Crippen molar-refractivity contribution in [1.29, 1.82) is 0 Å². The second-order valence-electron chi connectivity index (χ2n) is 5.99. The zero-order valence-corrected chi connectivity index (χ0v) is 13.5. The summed E-state index contributed by atoms with van der Waals surface area (Å²) in [6, 6.07) is 7.95. The van der Waals surface area contributed by atoms with Crippen molar-refractivity contribution in [2.45, 2.75) is 32.6 Å². The Bertz CT molecular complexity index is 629. The number of anilines is 2. The number of morpholine rings is 1. The van der Waals surface area contributed by atoms with E-state index in [1.54, 1.807) is 23.3 Å². The molecule has 0 bridgehead atoms. The van der Waals surface area contributed by atoms with E-state index in [0.29, 0.717) is 0 Å². The number of hydrogen-bond acceptors (Lipinski definition) is 4. The number of imidazole rings is 1. The minimum absolute atomic E-state index is 0.0654. The van der Waals surface area contributed by atoms with Crippen molar-refractivity contribution >= 4 is 17.3 Å². The molecule has 1 aliphatic rings. The second kappa shape index (κ2) is 6.83. The molecule has 2 heterocycles. The number of carbonyl (C=O) groups excluding carboxylic acids is 1. The molecular weight excluding hydrogens is 292 g/mol. The average Bonchev–Trinajstić information content (AvgIpc) is 2.99. The molecule has 0 radical (unpaired) electrons. The lowest BCUT2D eigenvalue weighted by molar-refractivity contribution is -0.116. The fourth-order valence-corrected chi connectivity index (χ4v) is 2.89. The number of benzene rings is 1. The normalized spacial score (nSPS) is 21.2. The van der Waals surface area contributed by atoms with E-state index in [9.17, 15) is 4.79 Å². The topological polar surface area (TPSA) is 59.4 Å². The molecule has 23 heavy (non-hydrogen) atoms. The summed E-state index contributed by atoms with van der Waals surface area (Å²) in [6.45, 7) is 6.22. The van der Waals surface area contributed by atoms with Gasteiger partial charge in [0.1, 0.15) is 6.54 Å². The van der Waals surface area contributed by atoms with Crippen LogP contribution in [0.15, 0.2) is 43.0 Å². The highest BCUT2D eigenvalue weighted by Crippen LogP contribution is 2.22. The van der Waals surface area contributed by atoms with E-state index in [-0.39, 0.29) is 24.7 Å². The van der Waals surface area contributed by atoms with Crippen LogP contribution >= 0.6 is 0 Å². The van der Waals surface area contributed by atoms with Crippen LogP contribution in [-0.2, 0) is 16.1 Å². The summed E-state index contributed by atoms with van der Waals surface area (Å²) in [5.41, 5.74) is 1.95. The van der Waals surface area contributed by atoms with Gasteiger partial charge in [-0.05, 0) is 38.1 Å². The number of rotatable bonds is 4. The predicted octanol–water partition coefficient (Wildman–Crippen LogP) is 2.14. The summed E-state index contributed by atoms with van der Waals surface area (Å²) in [5, 5.41) is 2.90. The first-order valence-corrected chi connectivity index (χ1v) is 7.86. The molecule has 2 atom stereocenters. The lowest BCUT2D eigenvalue weighted by Crippen LogP contribution is -2.45. The van der Waals surface area contributed by atoms with E-state index < -0.39 is 0 Å². The Hall–Kier alpha value is -2.34. The van der Waals surface area contributed by atoms with Gasteiger partial charge >= 0.3 is 0 Å². The molecule has 0 aliphatic carbocycles. The molecule has 1 aliphatic heterocycles. The third-order valence-electron chi connectivity index (χ3n) is 3.82. The van der Waals surface area contributed by atoms with Crippen molar-refractivity contribution in [2.75, 3.05) is 23.3 Å². The maximum Gasteiger partial charge on any atom is 0.244 e. The van der Waals surface area contributed by atoms with Gasteiger partial charge in [-0.3, -0.25) is 4.79 Å². The fourth-order valence-electron chi connectivity index (χ4n) is 2.89. The molecule has 1 amide bonds. The first kappa shape index (κ1) is 15.6. The van der Waals surface area contributed by atoms with Gasteiger partial charge in [0.2, 0.25) is 5.91 Å². The van der Waals surface area contributed by atoms with Gasteiger partial charge in [0.25, 0.3) is 0 Å². The van der Waals surface area contributed by atoms with Crippen molar-refractivity contribution in [2.24, 2.45) is 0 Å². The van der Waals surface area contributed by atoms with Crippen LogP contribution in [0.3, 0.4) is 0 Å². The van der Waals surface area contributed by atoms with E-state index in [0.717, 1.165) is 24.5 Å². The first-order valence-electron chi connectivity index (χ1n) is 7.86. The average molecular weight is 314 g/mol. The fraction of sp³-hybridized carbons (Fsp3) is 0.412. The molecule has 6 heteroatoms. The highest BCUT2D eigenvalue weighted by Gasteiger charge is 2.22. The zero-order valence-electron chi connectivity index (χ0n) is 13.5. The minimum atomic E-state index is -0.0654. The van der Waals surface area contributed by atoms with Gasteiger partial charge in [-0.15, -0.1) is 0 Å². The molecule has 1 fully saturated rings. The van der Waals surface area contributed by atoms with Crippen molar-refractivity contribution in [3.8, 4) is 0 Å². The molecule has 1 N–H and O–H groups in total. The van der Waals surface area contributed by atoms with Crippen LogP contribution in [0.25, 0.3) is 0 Å². The van der Waals surface area contributed by atoms with Crippen LogP contribution in [0.5, 0.6) is 0 Å². The number of nitrogens with zero attached hydrogens (tertiary/aromatic N) is 3. The van der Waals surface area contributed by atoms with Crippen LogP contribution in [0.4, 0.5) is 11.4 Å². The Morgan fingerprint density at radius 1 is 1.26 bits per heavy atom. The lowest BCUT2D eigenvalue weighted by Gasteiger charge is -2.36. The SMILES string of the molecule is CC1CN(c2ccc(NC(=O)Cn3ccnc3)cc2)CC(C)O1. The molecular formula is C17H22N4O2. The highest BCUT2D eigenvalue weighted by molar-refractivity contribution is 5.90. The minimum Gasteiger partial charge on any atom is -0.372 e. The summed E-state index contributed by atoms with van der Waals surface area (Å²) in [4.78, 5) is 18.2. The third kappa shape index (κ3) is 4.10. The predicted molar refractivity (Wildman–Crippen MR) is 89.5 cm³/mol. The number of hydrogen-bond donors (Lipinski definition) is 1. The van der Waals surface area contributed by atoms with E-state index in [1.165, 1.54) is 0 Å². The van der Waals surface area contributed by atoms with E-state index >= 15 is 0 Å². The second-order valence-corrected chi connectivity index (χ2v) is 5.99. The van der Waals surface area contributed by atoms with Gasteiger partial charge in [-0.2, -0.15) is 0 Å². The number of carbonyl (C=O) groups is 1. The van der Waals surface area contributed by atoms with Gasteiger partial charge < -0.3 is 19.5 Å². The van der Waals surface area contributed by atoms with Crippen LogP contribution in [0.2, 0.25) is 0 Å². The molecule has 2 unspecified atom stereocenters. The third-order valence-corrected chi connectivity index (χ3v) is 3.82. The first-order chi connectivity index (χ1) is 11.1. The Balaban J connectivity index is 1.59. The summed E-state index contributed by atoms with van der Waals surface area (Å²) >= 11 is 0. The van der Waals surface area contributed by atoms with Crippen LogP contribution in [0.1, 0.15) is 13.8 Å². The summed E-state index contributed by atoms with van der Waals surface area (Å²) in [6.07, 6.45) is 5.51. The van der Waals surface area contributed by atoms with Crippen molar-refractivity contribution in [3.63, 3.8) is 0 Å². The van der Waals surface area contributed by atoms with E-state index in [4.69, 9.17) is 4.74 Å². The Kier molecular flexibility index (Phi) is 4.62. The van der Waals surface area contributed by atoms with Crippen molar-refractivity contribution in [3.05, 3.63) is 43.0 Å². The monoisotopic (exact) mass is 314 g/mol. The number of amides is 1. The number of aromatic nitrogens is 2. The molecule has 1 aromatic heterocycles. The molecule has 1 aromatic carbocycles. The van der Waals surface area contributed by atoms with E-state index in [2.05, 4.69) is 29.0 Å². The number of nitrogens with one attached hydrogen (secondary N) is 1. The summed E-state index contributed by atoms with van der Waals surface area (Å²) in [7, 11) is 0. The van der Waals surface area contributed by atoms with Crippen LogP contribution in [-0.4, -0.2) is 40.8 Å².